The third kappa shape index (κ3) is 2.10. The minimum absolute atomic E-state index is 0.179. The second kappa shape index (κ2) is 4.15. The van der Waals surface area contributed by atoms with Crippen molar-refractivity contribution in [3.8, 4) is 11.5 Å². The van der Waals surface area contributed by atoms with Crippen LogP contribution in [0.25, 0.3) is 11.5 Å². The van der Waals surface area contributed by atoms with E-state index in [1.165, 1.54) is 15.9 Å². The number of aromatic amines is 1. The first-order chi connectivity index (χ1) is 7.18. The molecule has 0 bridgehead atoms. The predicted molar refractivity (Wildman–Crippen MR) is 54.5 cm³/mol. The predicted octanol–water partition coefficient (Wildman–Crippen LogP) is 2.33. The van der Waals surface area contributed by atoms with Crippen molar-refractivity contribution >= 4 is 23.6 Å². The maximum Gasteiger partial charge on any atom is 0.256 e. The summed E-state index contributed by atoms with van der Waals surface area (Å²) in [6.45, 7) is -0.470. The number of hydrogen-bond donors (Lipinski definition) is 1. The molecule has 0 unspecified atom stereocenters. The van der Waals surface area contributed by atoms with E-state index < -0.39 is 13.0 Å². The number of aromatic nitrogens is 4. The molecule has 0 aliphatic carbocycles. The first kappa shape index (κ1) is 10.4. The molecule has 15 heavy (non-hydrogen) atoms. The van der Waals surface area contributed by atoms with Crippen LogP contribution in [-0.2, 0) is 6.54 Å². The van der Waals surface area contributed by atoms with E-state index in [2.05, 4.69) is 15.2 Å². The van der Waals surface area contributed by atoms with Gasteiger partial charge in [0.1, 0.15) is 5.69 Å². The summed E-state index contributed by atoms with van der Waals surface area (Å²) in [5.74, 6) is 0.349. The lowest BCUT2D eigenvalue weighted by molar-refractivity contribution is 0.126. The molecule has 0 spiro atoms. The zero-order chi connectivity index (χ0) is 10.8. The Bertz CT molecular complexity index is 487. The summed E-state index contributed by atoms with van der Waals surface area (Å²) in [5.41, 5.74) is 2.16. The summed E-state index contributed by atoms with van der Waals surface area (Å²) in [4.78, 5) is 3.99. The van der Waals surface area contributed by atoms with Crippen LogP contribution in [0.1, 0.15) is 0 Å². The van der Waals surface area contributed by atoms with Gasteiger partial charge < -0.3 is 0 Å². The Balaban J connectivity index is 2.45. The van der Waals surface area contributed by atoms with Crippen LogP contribution in [0.15, 0.2) is 10.9 Å². The molecule has 2 heterocycles. The van der Waals surface area contributed by atoms with Crippen molar-refractivity contribution < 1.29 is 8.78 Å². The zero-order valence-corrected chi connectivity index (χ0v) is 8.99. The molecule has 2 aromatic heterocycles. The molecule has 0 aliphatic heterocycles. The van der Waals surface area contributed by atoms with Gasteiger partial charge in [0.05, 0.1) is 12.1 Å². The Morgan fingerprint density at radius 3 is 3.00 bits per heavy atom. The maximum atomic E-state index is 12.3. The number of halogens is 2. The van der Waals surface area contributed by atoms with E-state index in [4.69, 9.17) is 12.2 Å². The van der Waals surface area contributed by atoms with Gasteiger partial charge in [-0.25, -0.2) is 13.8 Å². The number of hydrogen-bond acceptors (Lipinski definition) is 4. The average molecular weight is 248 g/mol. The highest BCUT2D eigenvalue weighted by atomic mass is 32.1. The fourth-order valence-electron chi connectivity index (χ4n) is 1.14. The molecule has 0 saturated heterocycles. The molecule has 0 aromatic carbocycles. The van der Waals surface area contributed by atoms with Gasteiger partial charge in [0.2, 0.25) is 0 Å². The van der Waals surface area contributed by atoms with E-state index in [0.29, 0.717) is 11.5 Å². The van der Waals surface area contributed by atoms with E-state index in [1.54, 1.807) is 10.9 Å². The van der Waals surface area contributed by atoms with Crippen LogP contribution >= 0.6 is 23.6 Å². The van der Waals surface area contributed by atoms with Crippen molar-refractivity contribution in [1.82, 2.24) is 19.7 Å². The lowest BCUT2D eigenvalue weighted by Gasteiger charge is -2.03. The lowest BCUT2D eigenvalue weighted by Crippen LogP contribution is -2.08. The van der Waals surface area contributed by atoms with E-state index in [-0.39, 0.29) is 4.77 Å². The Kier molecular flexibility index (Phi) is 2.87. The molecular formula is C7H6F2N4S2. The Hall–Kier alpha value is -1.15. The molecule has 0 aliphatic rings. The van der Waals surface area contributed by atoms with Gasteiger partial charge in [0.15, 0.2) is 10.6 Å². The van der Waals surface area contributed by atoms with Crippen LogP contribution in [-0.4, -0.2) is 26.2 Å². The third-order valence-corrected chi connectivity index (χ3v) is 2.64. The normalized spacial score (nSPS) is 11.1. The van der Waals surface area contributed by atoms with Gasteiger partial charge in [0.25, 0.3) is 6.43 Å². The van der Waals surface area contributed by atoms with Crippen LogP contribution < -0.4 is 0 Å². The summed E-state index contributed by atoms with van der Waals surface area (Å²) in [6, 6.07) is 0. The summed E-state index contributed by atoms with van der Waals surface area (Å²) in [5, 5.41) is 8.07. The van der Waals surface area contributed by atoms with Crippen LogP contribution in [0, 0.1) is 4.77 Å². The highest BCUT2D eigenvalue weighted by Crippen LogP contribution is 2.17. The van der Waals surface area contributed by atoms with Crippen molar-refractivity contribution in [2.45, 2.75) is 13.0 Å². The number of rotatable bonds is 3. The molecule has 0 amide bonds. The minimum Gasteiger partial charge on any atom is -0.293 e. The second-order valence-electron chi connectivity index (χ2n) is 2.73. The Morgan fingerprint density at radius 2 is 2.40 bits per heavy atom. The van der Waals surface area contributed by atoms with Gasteiger partial charge in [0, 0.05) is 5.38 Å². The monoisotopic (exact) mass is 248 g/mol. The molecule has 8 heteroatoms. The molecule has 80 valence electrons. The van der Waals surface area contributed by atoms with Gasteiger partial charge in [-0.2, -0.15) is 5.10 Å². The van der Waals surface area contributed by atoms with Crippen LogP contribution in [0.5, 0.6) is 0 Å². The molecule has 0 fully saturated rings. The van der Waals surface area contributed by atoms with E-state index >= 15 is 0 Å². The fourth-order valence-corrected chi connectivity index (χ4v) is 1.88. The molecule has 4 nitrogen and oxygen atoms in total. The van der Waals surface area contributed by atoms with E-state index in [1.807, 2.05) is 0 Å². The average Bonchev–Trinajstić information content (AvgIpc) is 2.76. The van der Waals surface area contributed by atoms with Gasteiger partial charge in [-0.1, -0.05) is 0 Å². The maximum absolute atomic E-state index is 12.3. The van der Waals surface area contributed by atoms with Gasteiger partial charge in [-0.3, -0.25) is 9.67 Å². The van der Waals surface area contributed by atoms with Crippen LogP contribution in [0.3, 0.4) is 0 Å². The fraction of sp³-hybridized carbons (Fsp3) is 0.286. The van der Waals surface area contributed by atoms with Crippen molar-refractivity contribution in [3.63, 3.8) is 0 Å². The van der Waals surface area contributed by atoms with Crippen molar-refractivity contribution in [2.75, 3.05) is 0 Å². The highest BCUT2D eigenvalue weighted by molar-refractivity contribution is 7.71. The van der Waals surface area contributed by atoms with Crippen molar-refractivity contribution in [2.24, 2.45) is 0 Å². The molecule has 0 saturated carbocycles. The lowest BCUT2D eigenvalue weighted by atomic mass is 10.4. The summed E-state index contributed by atoms with van der Waals surface area (Å²) in [7, 11) is 0. The summed E-state index contributed by atoms with van der Waals surface area (Å²) in [6.07, 6.45) is -2.47. The number of thiazole rings is 1. The van der Waals surface area contributed by atoms with Gasteiger partial charge in [-0.15, -0.1) is 11.3 Å². The number of nitrogens with one attached hydrogen (secondary N) is 1. The molecule has 0 radical (unpaired) electrons. The molecule has 2 aromatic rings. The number of alkyl halides is 2. The summed E-state index contributed by atoms with van der Waals surface area (Å²) < 4.78 is 26.0. The van der Waals surface area contributed by atoms with Gasteiger partial charge in [-0.05, 0) is 12.2 Å². The van der Waals surface area contributed by atoms with Gasteiger partial charge >= 0.3 is 0 Å². The smallest absolute Gasteiger partial charge is 0.256 e. The second-order valence-corrected chi connectivity index (χ2v) is 3.83. The van der Waals surface area contributed by atoms with Crippen LogP contribution in [0.2, 0.25) is 0 Å². The van der Waals surface area contributed by atoms with Crippen molar-refractivity contribution in [1.29, 1.82) is 0 Å². The minimum atomic E-state index is -2.47. The SMILES string of the molecule is FC(F)Cn1c(-c2cscn2)n[nH]c1=S. The summed E-state index contributed by atoms with van der Waals surface area (Å²) >= 11 is 6.22. The molecule has 2 rings (SSSR count). The topological polar surface area (TPSA) is 46.5 Å². The first-order valence-corrected chi connectivity index (χ1v) is 5.35. The standard InChI is InChI=1S/C7H6F2N4S2/c8-5(9)1-13-6(11-12-7(13)14)4-2-15-3-10-4/h2-3,5H,1H2,(H,12,14). The largest absolute Gasteiger partial charge is 0.293 e. The van der Waals surface area contributed by atoms with E-state index in [9.17, 15) is 8.78 Å². The first-order valence-electron chi connectivity index (χ1n) is 4.00. The van der Waals surface area contributed by atoms with Crippen LogP contribution in [0.4, 0.5) is 8.78 Å². The molecule has 1 N–H and O–H groups in total. The number of nitrogens with zero attached hydrogens (tertiary/aromatic N) is 3. The number of H-pyrrole nitrogens is 1. The quantitative estimate of drug-likeness (QED) is 0.848. The Labute approximate surface area is 92.6 Å². The Morgan fingerprint density at radius 1 is 1.60 bits per heavy atom. The van der Waals surface area contributed by atoms with E-state index in [0.717, 1.165) is 0 Å². The molecular weight excluding hydrogens is 242 g/mol. The molecule has 0 atom stereocenters. The third-order valence-electron chi connectivity index (χ3n) is 1.74. The zero-order valence-electron chi connectivity index (χ0n) is 7.35. The van der Waals surface area contributed by atoms with Crippen molar-refractivity contribution in [3.05, 3.63) is 15.7 Å². The highest BCUT2D eigenvalue weighted by Gasteiger charge is 2.14.